The summed E-state index contributed by atoms with van der Waals surface area (Å²) in [6.07, 6.45) is 5.77. The van der Waals surface area contributed by atoms with E-state index in [9.17, 15) is 9.18 Å². The standard InChI is InChI=1S/C16H17FN4OS/c17-11-3-1-4-13(9-11)20-8-2-5-14(15(20)22)23-16-19-18-10-21(16)12-6-7-12/h1,3-4,9-10,12,14H,2,5-8H2. The predicted molar refractivity (Wildman–Crippen MR) is 85.9 cm³/mol. The number of carbonyl (C=O) groups excluding carboxylic acids is 1. The van der Waals surface area contributed by atoms with E-state index in [1.807, 2.05) is 0 Å². The van der Waals surface area contributed by atoms with Crippen molar-refractivity contribution in [1.82, 2.24) is 14.8 Å². The van der Waals surface area contributed by atoms with Gasteiger partial charge in [0, 0.05) is 18.3 Å². The SMILES string of the molecule is O=C1C(Sc2nncn2C2CC2)CCCN1c1cccc(F)c1. The molecule has 2 heterocycles. The Morgan fingerprint density at radius 1 is 1.26 bits per heavy atom. The zero-order valence-corrected chi connectivity index (χ0v) is 13.4. The molecule has 5 nitrogen and oxygen atoms in total. The first-order valence-electron chi connectivity index (χ1n) is 7.85. The summed E-state index contributed by atoms with van der Waals surface area (Å²) < 4.78 is 15.5. The van der Waals surface area contributed by atoms with Crippen molar-refractivity contribution in [1.29, 1.82) is 0 Å². The van der Waals surface area contributed by atoms with Gasteiger partial charge in [0.2, 0.25) is 5.91 Å². The zero-order chi connectivity index (χ0) is 15.8. The molecule has 2 aromatic rings. The molecule has 1 atom stereocenters. The maximum atomic E-state index is 13.4. The molecule has 2 aliphatic rings. The lowest BCUT2D eigenvalue weighted by atomic mass is 10.1. The number of hydrogen-bond donors (Lipinski definition) is 0. The van der Waals surface area contributed by atoms with E-state index >= 15 is 0 Å². The first kappa shape index (κ1) is 14.7. The Kier molecular flexibility index (Phi) is 3.80. The van der Waals surface area contributed by atoms with Crippen LogP contribution in [0, 0.1) is 5.82 Å². The fraction of sp³-hybridized carbons (Fsp3) is 0.438. The van der Waals surface area contributed by atoms with Crippen molar-refractivity contribution in [2.75, 3.05) is 11.4 Å². The van der Waals surface area contributed by atoms with Gasteiger partial charge in [-0.3, -0.25) is 4.79 Å². The van der Waals surface area contributed by atoms with E-state index in [1.165, 1.54) is 23.9 Å². The van der Waals surface area contributed by atoms with Crippen LogP contribution in [0.1, 0.15) is 31.7 Å². The fourth-order valence-corrected chi connectivity index (χ4v) is 4.08. The maximum Gasteiger partial charge on any atom is 0.240 e. The molecule has 1 amide bonds. The number of amides is 1. The average Bonchev–Trinajstić information content (AvgIpc) is 3.29. The number of anilines is 1. The molecule has 1 unspecified atom stereocenters. The third kappa shape index (κ3) is 2.97. The Bertz CT molecular complexity index is 730. The van der Waals surface area contributed by atoms with Crippen LogP contribution in [0.3, 0.4) is 0 Å². The van der Waals surface area contributed by atoms with Crippen molar-refractivity contribution in [3.63, 3.8) is 0 Å². The Balaban J connectivity index is 1.53. The number of carbonyl (C=O) groups is 1. The number of aromatic nitrogens is 3. The van der Waals surface area contributed by atoms with Crippen LogP contribution in [0.15, 0.2) is 35.7 Å². The van der Waals surface area contributed by atoms with Gasteiger partial charge in [-0.2, -0.15) is 0 Å². The lowest BCUT2D eigenvalue weighted by molar-refractivity contribution is -0.119. The lowest BCUT2D eigenvalue weighted by Gasteiger charge is -2.31. The maximum absolute atomic E-state index is 13.4. The molecule has 0 spiro atoms. The molecule has 0 bridgehead atoms. The van der Waals surface area contributed by atoms with E-state index in [-0.39, 0.29) is 17.0 Å². The number of piperidine rings is 1. The van der Waals surface area contributed by atoms with E-state index in [0.29, 0.717) is 18.3 Å². The van der Waals surface area contributed by atoms with Gasteiger partial charge in [0.15, 0.2) is 5.16 Å². The quantitative estimate of drug-likeness (QED) is 0.863. The summed E-state index contributed by atoms with van der Waals surface area (Å²) in [6, 6.07) is 6.71. The van der Waals surface area contributed by atoms with E-state index in [0.717, 1.165) is 30.8 Å². The van der Waals surface area contributed by atoms with Gasteiger partial charge in [-0.05, 0) is 43.9 Å². The summed E-state index contributed by atoms with van der Waals surface area (Å²) in [5, 5.41) is 8.77. The van der Waals surface area contributed by atoms with Crippen LogP contribution in [0.2, 0.25) is 0 Å². The van der Waals surface area contributed by atoms with Crippen LogP contribution in [0.25, 0.3) is 0 Å². The number of thioether (sulfide) groups is 1. The molecule has 1 aliphatic heterocycles. The molecule has 2 fully saturated rings. The minimum atomic E-state index is -0.321. The number of nitrogens with zero attached hydrogens (tertiary/aromatic N) is 4. The van der Waals surface area contributed by atoms with Gasteiger partial charge in [0.1, 0.15) is 12.1 Å². The number of halogens is 1. The predicted octanol–water partition coefficient (Wildman–Crippen LogP) is 3.04. The molecule has 23 heavy (non-hydrogen) atoms. The van der Waals surface area contributed by atoms with Crippen molar-refractivity contribution >= 4 is 23.4 Å². The van der Waals surface area contributed by atoms with Gasteiger partial charge < -0.3 is 9.47 Å². The highest BCUT2D eigenvalue weighted by molar-refractivity contribution is 8.00. The summed E-state index contributed by atoms with van der Waals surface area (Å²) in [4.78, 5) is 14.5. The van der Waals surface area contributed by atoms with Gasteiger partial charge in [0.05, 0.1) is 5.25 Å². The number of benzene rings is 1. The van der Waals surface area contributed by atoms with E-state index in [1.54, 1.807) is 23.4 Å². The Hall–Kier alpha value is -1.89. The number of rotatable bonds is 4. The third-order valence-electron chi connectivity index (χ3n) is 4.24. The largest absolute Gasteiger partial charge is 0.311 e. The molecule has 1 saturated heterocycles. The average molecular weight is 332 g/mol. The summed E-state index contributed by atoms with van der Waals surface area (Å²) in [5.74, 6) is -0.296. The van der Waals surface area contributed by atoms with Crippen molar-refractivity contribution in [2.24, 2.45) is 0 Å². The highest BCUT2D eigenvalue weighted by Crippen LogP contribution is 2.39. The zero-order valence-electron chi connectivity index (χ0n) is 12.6. The smallest absolute Gasteiger partial charge is 0.240 e. The van der Waals surface area contributed by atoms with Gasteiger partial charge in [-0.15, -0.1) is 10.2 Å². The summed E-state index contributed by atoms with van der Waals surface area (Å²) in [7, 11) is 0. The van der Waals surface area contributed by atoms with Crippen LogP contribution in [-0.2, 0) is 4.79 Å². The first-order chi connectivity index (χ1) is 11.2. The Labute approximate surface area is 137 Å². The summed E-state index contributed by atoms with van der Waals surface area (Å²) >= 11 is 1.48. The molecule has 1 saturated carbocycles. The summed E-state index contributed by atoms with van der Waals surface area (Å²) in [6.45, 7) is 0.634. The van der Waals surface area contributed by atoms with E-state index in [4.69, 9.17) is 0 Å². The second kappa shape index (κ2) is 5.96. The van der Waals surface area contributed by atoms with Crippen molar-refractivity contribution in [3.8, 4) is 0 Å². The van der Waals surface area contributed by atoms with Crippen LogP contribution < -0.4 is 4.90 Å². The van der Waals surface area contributed by atoms with Crippen LogP contribution in [-0.4, -0.2) is 32.5 Å². The molecule has 0 N–H and O–H groups in total. The van der Waals surface area contributed by atoms with Crippen molar-refractivity contribution in [3.05, 3.63) is 36.4 Å². The van der Waals surface area contributed by atoms with Crippen molar-refractivity contribution < 1.29 is 9.18 Å². The summed E-state index contributed by atoms with van der Waals surface area (Å²) in [5.41, 5.74) is 0.629. The van der Waals surface area contributed by atoms with Gasteiger partial charge in [-0.25, -0.2) is 4.39 Å². The van der Waals surface area contributed by atoms with Crippen LogP contribution in [0.5, 0.6) is 0 Å². The normalized spacial score (nSPS) is 21.7. The molecule has 4 rings (SSSR count). The molecule has 120 valence electrons. The van der Waals surface area contributed by atoms with Crippen molar-refractivity contribution in [2.45, 2.75) is 42.1 Å². The molecule has 7 heteroatoms. The topological polar surface area (TPSA) is 51.0 Å². The van der Waals surface area contributed by atoms with Crippen LogP contribution >= 0.6 is 11.8 Å². The Morgan fingerprint density at radius 3 is 2.91 bits per heavy atom. The van der Waals surface area contributed by atoms with Crippen LogP contribution in [0.4, 0.5) is 10.1 Å². The fourth-order valence-electron chi connectivity index (χ4n) is 2.90. The molecule has 1 aromatic heterocycles. The Morgan fingerprint density at radius 2 is 2.13 bits per heavy atom. The molecule has 1 aromatic carbocycles. The number of hydrogen-bond acceptors (Lipinski definition) is 4. The highest BCUT2D eigenvalue weighted by Gasteiger charge is 2.33. The van der Waals surface area contributed by atoms with E-state index < -0.39 is 0 Å². The second-order valence-corrected chi connectivity index (χ2v) is 7.14. The van der Waals surface area contributed by atoms with Gasteiger partial charge >= 0.3 is 0 Å². The minimum Gasteiger partial charge on any atom is -0.311 e. The lowest BCUT2D eigenvalue weighted by Crippen LogP contribution is -2.43. The minimum absolute atomic E-state index is 0.0252. The first-order valence-corrected chi connectivity index (χ1v) is 8.73. The second-order valence-electron chi connectivity index (χ2n) is 5.97. The highest BCUT2D eigenvalue weighted by atomic mass is 32.2. The molecular weight excluding hydrogens is 315 g/mol. The van der Waals surface area contributed by atoms with Gasteiger partial charge in [0.25, 0.3) is 0 Å². The molecule has 1 aliphatic carbocycles. The molecular formula is C16H17FN4OS. The monoisotopic (exact) mass is 332 g/mol. The third-order valence-corrected chi connectivity index (χ3v) is 5.46. The van der Waals surface area contributed by atoms with E-state index in [2.05, 4.69) is 14.8 Å². The molecule has 0 radical (unpaired) electrons. The van der Waals surface area contributed by atoms with Gasteiger partial charge in [-0.1, -0.05) is 17.8 Å².